The molecule has 2 aromatic carbocycles. The average molecular weight is 491 g/mol. The van der Waals surface area contributed by atoms with Crippen LogP contribution in [0.2, 0.25) is 5.02 Å². The number of aryl methyl sites for hydroxylation is 1. The summed E-state index contributed by atoms with van der Waals surface area (Å²) < 4.78 is 0. The number of allylic oxidation sites excluding steroid dienone is 2. The summed E-state index contributed by atoms with van der Waals surface area (Å²) in [6.07, 6.45) is 10.0. The first kappa shape index (κ1) is 25.3. The molecular formula is C30H35ClN2O2. The molecule has 5 rings (SSSR count). The third-order valence-corrected chi connectivity index (χ3v) is 7.35. The highest BCUT2D eigenvalue weighted by Crippen LogP contribution is 2.39. The number of dihydropyridines is 1. The topological polar surface area (TPSA) is 52.6 Å². The van der Waals surface area contributed by atoms with Gasteiger partial charge in [0.05, 0.1) is 18.6 Å². The lowest BCUT2D eigenvalue weighted by molar-refractivity contribution is -0.134. The third-order valence-electron chi connectivity index (χ3n) is 7.11. The lowest BCUT2D eigenvalue weighted by Gasteiger charge is -2.34. The zero-order valence-corrected chi connectivity index (χ0v) is 21.4. The van der Waals surface area contributed by atoms with Crippen molar-refractivity contribution in [2.75, 3.05) is 19.7 Å². The van der Waals surface area contributed by atoms with Crippen LogP contribution in [0.1, 0.15) is 55.7 Å². The van der Waals surface area contributed by atoms with Crippen molar-refractivity contribution in [3.63, 3.8) is 0 Å². The Kier molecular flexibility index (Phi) is 8.48. The van der Waals surface area contributed by atoms with Crippen LogP contribution in [0, 0.1) is 0 Å². The van der Waals surface area contributed by atoms with Gasteiger partial charge in [-0.2, -0.15) is 0 Å². The number of halogens is 1. The predicted molar refractivity (Wildman–Crippen MR) is 144 cm³/mol. The number of piperidine rings is 1. The highest BCUT2D eigenvalue weighted by Gasteiger charge is 2.32. The van der Waals surface area contributed by atoms with Crippen molar-refractivity contribution in [1.29, 1.82) is 0 Å². The molecule has 1 fully saturated rings. The molecule has 0 aromatic heterocycles. The Morgan fingerprint density at radius 2 is 1.83 bits per heavy atom. The van der Waals surface area contributed by atoms with Crippen LogP contribution in [0.4, 0.5) is 0 Å². The summed E-state index contributed by atoms with van der Waals surface area (Å²) in [4.78, 5) is 15.2. The van der Waals surface area contributed by atoms with E-state index < -0.39 is 5.92 Å². The number of carbonyl (C=O) groups is 1. The summed E-state index contributed by atoms with van der Waals surface area (Å²) in [5, 5.41) is 14.3. The molecule has 2 heterocycles. The molecular weight excluding hydrogens is 456 g/mol. The number of rotatable bonds is 3. The molecule has 0 saturated carbocycles. The second-order valence-electron chi connectivity index (χ2n) is 8.99. The zero-order valence-electron chi connectivity index (χ0n) is 20.6. The molecule has 35 heavy (non-hydrogen) atoms. The van der Waals surface area contributed by atoms with Crippen LogP contribution in [0.3, 0.4) is 0 Å². The van der Waals surface area contributed by atoms with E-state index in [2.05, 4.69) is 29.6 Å². The lowest BCUT2D eigenvalue weighted by Crippen LogP contribution is -2.41. The largest absolute Gasteiger partial charge is 0.395 e. The first-order valence-electron chi connectivity index (χ1n) is 12.7. The summed E-state index contributed by atoms with van der Waals surface area (Å²) in [7, 11) is 0. The monoisotopic (exact) mass is 490 g/mol. The fraction of sp³-hybridized carbons (Fsp3) is 0.367. The van der Waals surface area contributed by atoms with E-state index in [1.54, 1.807) is 0 Å². The zero-order chi connectivity index (χ0) is 24.8. The fourth-order valence-corrected chi connectivity index (χ4v) is 5.58. The number of hydrogen-bond acceptors (Lipinski definition) is 3. The van der Waals surface area contributed by atoms with Crippen molar-refractivity contribution in [2.24, 2.45) is 0 Å². The second-order valence-corrected chi connectivity index (χ2v) is 9.43. The van der Waals surface area contributed by atoms with Crippen LogP contribution in [0.25, 0.3) is 5.57 Å². The Morgan fingerprint density at radius 1 is 1.09 bits per heavy atom. The minimum Gasteiger partial charge on any atom is -0.395 e. The number of aliphatic hydroxyl groups excluding tert-OH is 1. The maximum absolute atomic E-state index is 13.2. The molecule has 2 atom stereocenters. The van der Waals surface area contributed by atoms with Gasteiger partial charge < -0.3 is 15.3 Å². The van der Waals surface area contributed by atoms with Gasteiger partial charge in [0.2, 0.25) is 5.91 Å². The summed E-state index contributed by atoms with van der Waals surface area (Å²) in [6, 6.07) is 16.0. The van der Waals surface area contributed by atoms with E-state index in [1.165, 1.54) is 27.8 Å². The molecule has 2 aliphatic heterocycles. The number of benzene rings is 2. The van der Waals surface area contributed by atoms with Gasteiger partial charge in [-0.15, -0.1) is 0 Å². The van der Waals surface area contributed by atoms with Gasteiger partial charge in [0.25, 0.3) is 0 Å². The average Bonchev–Trinajstić information content (AvgIpc) is 3.07. The Hall–Kier alpha value is -2.82. The van der Waals surface area contributed by atoms with E-state index in [9.17, 15) is 9.90 Å². The van der Waals surface area contributed by atoms with Crippen LogP contribution in [0.15, 0.2) is 78.0 Å². The van der Waals surface area contributed by atoms with Gasteiger partial charge in [-0.3, -0.25) is 4.79 Å². The smallest absolute Gasteiger partial charge is 0.232 e. The van der Waals surface area contributed by atoms with E-state index in [1.807, 2.05) is 61.3 Å². The summed E-state index contributed by atoms with van der Waals surface area (Å²) in [5.74, 6) is -0.485. The molecule has 2 aromatic rings. The van der Waals surface area contributed by atoms with Gasteiger partial charge in [-0.25, -0.2) is 0 Å². The molecule has 2 unspecified atom stereocenters. The predicted octanol–water partition coefficient (Wildman–Crippen LogP) is 5.88. The standard InChI is InChI=1S/C28H29ClN2O2.C2H6/c29-23-10-11-24-22(17-23)9-8-21-7-4-14-30-27(21)26(24)20-12-15-31(16-13-20)28(33)25(18-32)19-5-2-1-3-6-19;1-2/h1-7,10-11,14,17,25,27,30,32H,8-9,12-13,15-16,18H2;1-2H3. The Balaban J connectivity index is 0.00000141. The number of amides is 1. The molecule has 0 spiro atoms. The summed E-state index contributed by atoms with van der Waals surface area (Å²) in [6.45, 7) is 5.17. The first-order chi connectivity index (χ1) is 17.2. The van der Waals surface area contributed by atoms with E-state index in [4.69, 9.17) is 11.6 Å². The number of aliphatic hydroxyl groups is 1. The van der Waals surface area contributed by atoms with Gasteiger partial charge in [0.1, 0.15) is 0 Å². The minimum atomic E-state index is -0.499. The SMILES string of the molecule is CC.O=C(C(CO)c1ccccc1)N1CCC(=C2c3ccc(Cl)cc3CCC3=CC=CNC32)CC1. The quantitative estimate of drug-likeness (QED) is 0.565. The summed E-state index contributed by atoms with van der Waals surface area (Å²) in [5.41, 5.74) is 7.60. The number of hydrogen-bond donors (Lipinski definition) is 2. The van der Waals surface area contributed by atoms with Crippen LogP contribution >= 0.6 is 11.6 Å². The number of carbonyl (C=O) groups excluding carboxylic acids is 1. The maximum atomic E-state index is 13.2. The second kappa shape index (κ2) is 11.7. The molecule has 0 radical (unpaired) electrons. The molecule has 2 N–H and O–H groups in total. The normalized spacial score (nSPS) is 19.8. The Bertz CT molecular complexity index is 1130. The van der Waals surface area contributed by atoms with Crippen molar-refractivity contribution in [2.45, 2.75) is 51.5 Å². The minimum absolute atomic E-state index is 0.0140. The molecule has 184 valence electrons. The lowest BCUT2D eigenvalue weighted by atomic mass is 9.84. The third kappa shape index (κ3) is 5.39. The summed E-state index contributed by atoms with van der Waals surface area (Å²) >= 11 is 6.34. The number of nitrogens with zero attached hydrogens (tertiary/aromatic N) is 1. The van der Waals surface area contributed by atoms with Crippen molar-refractivity contribution in [3.8, 4) is 0 Å². The van der Waals surface area contributed by atoms with E-state index in [0.29, 0.717) is 13.1 Å². The van der Waals surface area contributed by atoms with E-state index in [0.717, 1.165) is 36.3 Å². The van der Waals surface area contributed by atoms with Crippen molar-refractivity contribution in [1.82, 2.24) is 10.2 Å². The highest BCUT2D eigenvalue weighted by atomic mass is 35.5. The van der Waals surface area contributed by atoms with E-state index >= 15 is 0 Å². The van der Waals surface area contributed by atoms with Crippen molar-refractivity contribution >= 4 is 23.1 Å². The first-order valence-corrected chi connectivity index (χ1v) is 13.1. The molecule has 3 aliphatic rings. The molecule has 1 amide bonds. The van der Waals surface area contributed by atoms with Gasteiger partial charge in [0, 0.05) is 18.1 Å². The van der Waals surface area contributed by atoms with Crippen LogP contribution in [0.5, 0.6) is 0 Å². The van der Waals surface area contributed by atoms with Gasteiger partial charge in [-0.1, -0.05) is 73.5 Å². The highest BCUT2D eigenvalue weighted by molar-refractivity contribution is 6.30. The van der Waals surface area contributed by atoms with E-state index in [-0.39, 0.29) is 18.6 Å². The van der Waals surface area contributed by atoms with Crippen LogP contribution < -0.4 is 5.32 Å². The van der Waals surface area contributed by atoms with Crippen molar-refractivity contribution < 1.29 is 9.90 Å². The van der Waals surface area contributed by atoms with Crippen molar-refractivity contribution in [3.05, 3.63) is 99.7 Å². The molecule has 4 nitrogen and oxygen atoms in total. The Labute approximate surface area is 214 Å². The molecule has 1 aliphatic carbocycles. The number of nitrogens with one attached hydrogen (secondary N) is 1. The number of fused-ring (bicyclic) bond motifs is 2. The van der Waals surface area contributed by atoms with Gasteiger partial charge >= 0.3 is 0 Å². The van der Waals surface area contributed by atoms with Crippen LogP contribution in [-0.4, -0.2) is 41.7 Å². The number of likely N-dealkylation sites (tertiary alicyclic amines) is 1. The molecule has 0 bridgehead atoms. The Morgan fingerprint density at radius 3 is 2.54 bits per heavy atom. The van der Waals surface area contributed by atoms with Crippen LogP contribution in [-0.2, 0) is 11.2 Å². The van der Waals surface area contributed by atoms with Gasteiger partial charge in [-0.05, 0) is 77.9 Å². The molecule has 5 heteroatoms. The maximum Gasteiger partial charge on any atom is 0.232 e. The fourth-order valence-electron chi connectivity index (χ4n) is 5.38. The molecule has 1 saturated heterocycles. The van der Waals surface area contributed by atoms with Gasteiger partial charge in [0.15, 0.2) is 0 Å².